The molecule has 0 spiro atoms. The zero-order chi connectivity index (χ0) is 12.7. The summed E-state index contributed by atoms with van der Waals surface area (Å²) >= 11 is 2.12. The van der Waals surface area contributed by atoms with Gasteiger partial charge in [-0.05, 0) is 50.3 Å². The maximum atomic E-state index is 10.4. The summed E-state index contributed by atoms with van der Waals surface area (Å²) in [6, 6.07) is 0. The summed E-state index contributed by atoms with van der Waals surface area (Å²) in [6.45, 7) is 7.90. The molecule has 5 heteroatoms. The SMILES string of the molecule is CC1(C)O[C@@H]2[C@H](O1)[C@@]1(C)C[C@](O)(I)C[C@]2(C)O1. The molecule has 98 valence electrons. The first-order valence-corrected chi connectivity index (χ1v) is 7.10. The Morgan fingerprint density at radius 1 is 1.00 bits per heavy atom. The second-order valence-electron chi connectivity index (χ2n) is 6.48. The monoisotopic (exact) mass is 354 g/mol. The van der Waals surface area contributed by atoms with Crippen LogP contribution < -0.4 is 0 Å². The van der Waals surface area contributed by atoms with Gasteiger partial charge < -0.3 is 19.3 Å². The number of aliphatic hydroxyl groups is 1. The third kappa shape index (κ3) is 1.77. The molecular weight excluding hydrogens is 335 g/mol. The third-order valence-corrected chi connectivity index (χ3v) is 4.77. The number of ether oxygens (including phenoxy) is 3. The molecule has 0 aromatic heterocycles. The Hall–Kier alpha value is 0.570. The Morgan fingerprint density at radius 3 is 1.82 bits per heavy atom. The van der Waals surface area contributed by atoms with Crippen molar-refractivity contribution in [3.8, 4) is 0 Å². The van der Waals surface area contributed by atoms with Crippen molar-refractivity contribution < 1.29 is 19.3 Å². The zero-order valence-electron chi connectivity index (χ0n) is 10.6. The maximum Gasteiger partial charge on any atom is 0.164 e. The van der Waals surface area contributed by atoms with Gasteiger partial charge in [0.2, 0.25) is 0 Å². The molecule has 0 aliphatic carbocycles. The van der Waals surface area contributed by atoms with E-state index in [-0.39, 0.29) is 12.2 Å². The second kappa shape index (κ2) is 3.17. The van der Waals surface area contributed by atoms with Crippen molar-refractivity contribution in [2.75, 3.05) is 0 Å². The van der Waals surface area contributed by atoms with E-state index >= 15 is 0 Å². The van der Waals surface area contributed by atoms with Crippen LogP contribution in [0.2, 0.25) is 0 Å². The van der Waals surface area contributed by atoms with Crippen LogP contribution >= 0.6 is 22.6 Å². The zero-order valence-corrected chi connectivity index (χ0v) is 12.8. The fourth-order valence-corrected chi connectivity index (χ4v) is 5.23. The number of hydrogen-bond acceptors (Lipinski definition) is 4. The van der Waals surface area contributed by atoms with E-state index < -0.39 is 20.6 Å². The van der Waals surface area contributed by atoms with Crippen molar-refractivity contribution in [2.24, 2.45) is 0 Å². The fourth-order valence-electron chi connectivity index (χ4n) is 3.71. The van der Waals surface area contributed by atoms with Crippen LogP contribution in [0.15, 0.2) is 0 Å². The number of rotatable bonds is 0. The lowest BCUT2D eigenvalue weighted by Gasteiger charge is -2.45. The van der Waals surface area contributed by atoms with E-state index in [2.05, 4.69) is 22.6 Å². The number of hydrogen-bond donors (Lipinski definition) is 1. The van der Waals surface area contributed by atoms with Crippen molar-refractivity contribution in [1.82, 2.24) is 0 Å². The molecule has 3 fully saturated rings. The third-order valence-electron chi connectivity index (χ3n) is 4.01. The molecule has 3 aliphatic rings. The van der Waals surface area contributed by atoms with Gasteiger partial charge >= 0.3 is 0 Å². The highest BCUT2D eigenvalue weighted by molar-refractivity contribution is 14.1. The van der Waals surface area contributed by atoms with E-state index in [4.69, 9.17) is 14.2 Å². The molecule has 3 rings (SSSR count). The molecule has 0 aromatic rings. The van der Waals surface area contributed by atoms with Crippen LogP contribution in [-0.4, -0.2) is 37.9 Å². The first-order valence-electron chi connectivity index (χ1n) is 6.03. The second-order valence-corrected chi connectivity index (χ2v) is 8.48. The normalized spacial score (nSPS) is 60.4. The van der Waals surface area contributed by atoms with Gasteiger partial charge in [-0.2, -0.15) is 0 Å². The first kappa shape index (κ1) is 12.6. The van der Waals surface area contributed by atoms with Gasteiger partial charge in [0.05, 0.1) is 11.2 Å². The van der Waals surface area contributed by atoms with Crippen LogP contribution in [0.4, 0.5) is 0 Å². The minimum atomic E-state index is -0.735. The molecule has 2 bridgehead atoms. The van der Waals surface area contributed by atoms with Crippen LogP contribution in [0.3, 0.4) is 0 Å². The summed E-state index contributed by atoms with van der Waals surface area (Å²) in [7, 11) is 0. The highest BCUT2D eigenvalue weighted by Gasteiger charge is 2.70. The lowest BCUT2D eigenvalue weighted by molar-refractivity contribution is -0.254. The number of alkyl halides is 1. The van der Waals surface area contributed by atoms with Gasteiger partial charge in [-0.15, -0.1) is 0 Å². The average molecular weight is 354 g/mol. The topological polar surface area (TPSA) is 47.9 Å². The van der Waals surface area contributed by atoms with E-state index in [1.807, 2.05) is 27.7 Å². The molecule has 3 saturated heterocycles. The Balaban J connectivity index is 2.01. The smallest absolute Gasteiger partial charge is 0.164 e. The Bertz CT molecular complexity index is 332. The summed E-state index contributed by atoms with van der Waals surface area (Å²) in [6.07, 6.45) is 0.977. The fraction of sp³-hybridized carbons (Fsp3) is 1.00. The van der Waals surface area contributed by atoms with Gasteiger partial charge in [0.1, 0.15) is 15.8 Å². The Morgan fingerprint density at radius 2 is 1.41 bits per heavy atom. The van der Waals surface area contributed by atoms with Gasteiger partial charge in [-0.3, -0.25) is 0 Å². The van der Waals surface area contributed by atoms with E-state index in [0.29, 0.717) is 12.8 Å². The summed E-state index contributed by atoms with van der Waals surface area (Å²) in [4.78, 5) is 0. The van der Waals surface area contributed by atoms with Gasteiger partial charge in [0.25, 0.3) is 0 Å². The lowest BCUT2D eigenvalue weighted by atomic mass is 9.91. The van der Waals surface area contributed by atoms with Crippen LogP contribution in [0.1, 0.15) is 40.5 Å². The average Bonchev–Trinajstić information content (AvgIpc) is 2.43. The predicted octanol–water partition coefficient (Wildman–Crippen LogP) is 1.97. The molecule has 1 N–H and O–H groups in total. The van der Waals surface area contributed by atoms with Crippen molar-refractivity contribution in [2.45, 2.75) is 73.3 Å². The molecule has 4 nitrogen and oxygen atoms in total. The standard InChI is InChI=1S/C12H19IO4/c1-9(2)15-7-8(16-9)11(4)6-12(13,14)5-10(7,3)17-11/h7-8,14H,5-6H2,1-4H3/t7-,8+,10+,11-,12+. The Kier molecular flexibility index (Phi) is 2.35. The minimum Gasteiger partial charge on any atom is -0.379 e. The molecular formula is C12H19IO4. The van der Waals surface area contributed by atoms with Crippen molar-refractivity contribution >= 4 is 22.6 Å². The summed E-state index contributed by atoms with van der Waals surface area (Å²) in [5.41, 5.74) is -0.914. The minimum absolute atomic E-state index is 0.0914. The maximum absolute atomic E-state index is 10.4. The van der Waals surface area contributed by atoms with Crippen LogP contribution in [-0.2, 0) is 14.2 Å². The largest absolute Gasteiger partial charge is 0.379 e. The number of halogens is 1. The van der Waals surface area contributed by atoms with Crippen LogP contribution in [0, 0.1) is 0 Å². The molecule has 0 unspecified atom stereocenters. The summed E-state index contributed by atoms with van der Waals surface area (Å²) in [5, 5.41) is 10.4. The molecule has 0 aromatic carbocycles. The van der Waals surface area contributed by atoms with E-state index in [0.717, 1.165) is 0 Å². The van der Waals surface area contributed by atoms with Crippen molar-refractivity contribution in [1.29, 1.82) is 0 Å². The molecule has 5 atom stereocenters. The van der Waals surface area contributed by atoms with E-state index in [1.165, 1.54) is 0 Å². The predicted molar refractivity (Wildman–Crippen MR) is 69.9 cm³/mol. The highest BCUT2D eigenvalue weighted by Crippen LogP contribution is 2.58. The van der Waals surface area contributed by atoms with Gasteiger partial charge in [-0.25, -0.2) is 0 Å². The van der Waals surface area contributed by atoms with Crippen molar-refractivity contribution in [3.05, 3.63) is 0 Å². The molecule has 0 saturated carbocycles. The summed E-state index contributed by atoms with van der Waals surface area (Å²) in [5.74, 6) is -0.553. The molecule has 3 heterocycles. The van der Waals surface area contributed by atoms with Crippen molar-refractivity contribution in [3.63, 3.8) is 0 Å². The van der Waals surface area contributed by atoms with Gasteiger partial charge in [0, 0.05) is 12.8 Å². The van der Waals surface area contributed by atoms with E-state index in [9.17, 15) is 5.11 Å². The van der Waals surface area contributed by atoms with Gasteiger partial charge in [0.15, 0.2) is 5.79 Å². The first-order chi connectivity index (χ1) is 7.56. The highest BCUT2D eigenvalue weighted by atomic mass is 127. The molecule has 17 heavy (non-hydrogen) atoms. The summed E-state index contributed by atoms with van der Waals surface area (Å²) < 4.78 is 17.4. The van der Waals surface area contributed by atoms with Gasteiger partial charge in [-0.1, -0.05) is 0 Å². The quantitative estimate of drug-likeness (QED) is 0.534. The number of fused-ring (bicyclic) bond motifs is 5. The molecule has 3 aliphatic heterocycles. The van der Waals surface area contributed by atoms with Crippen LogP contribution in [0.5, 0.6) is 0 Å². The lowest BCUT2D eigenvalue weighted by Crippen LogP contribution is -2.52. The molecule has 0 radical (unpaired) electrons. The Labute approximate surface area is 115 Å². The molecule has 0 amide bonds. The van der Waals surface area contributed by atoms with E-state index in [1.54, 1.807) is 0 Å². The van der Waals surface area contributed by atoms with Crippen LogP contribution in [0.25, 0.3) is 0 Å².